The smallest absolute Gasteiger partial charge is 0.190 e. The Morgan fingerprint density at radius 1 is 0.957 bits per heavy atom. The summed E-state index contributed by atoms with van der Waals surface area (Å²) < 4.78 is 0. The van der Waals surface area contributed by atoms with Crippen LogP contribution in [0.3, 0.4) is 0 Å². The average Bonchev–Trinajstić information content (AvgIpc) is 2.92. The van der Waals surface area contributed by atoms with Gasteiger partial charge in [0.15, 0.2) is 10.5 Å². The lowest BCUT2D eigenvalue weighted by molar-refractivity contribution is 1.22. The minimum atomic E-state index is 0.512. The zero-order valence-corrected chi connectivity index (χ0v) is 13.1. The average molecular weight is 320 g/mol. The number of benzene rings is 2. The summed E-state index contributed by atoms with van der Waals surface area (Å²) in [4.78, 5) is 14.4. The summed E-state index contributed by atoms with van der Waals surface area (Å²) in [5.74, 6) is 0. The molecule has 2 aromatic heterocycles. The van der Waals surface area contributed by atoms with E-state index in [1.807, 2.05) is 43.3 Å². The van der Waals surface area contributed by atoms with E-state index in [1.54, 1.807) is 6.07 Å². The highest BCUT2D eigenvalue weighted by Crippen LogP contribution is 2.33. The van der Waals surface area contributed by atoms with Crippen molar-refractivity contribution in [3.8, 4) is 0 Å². The van der Waals surface area contributed by atoms with Gasteiger partial charge in [0.1, 0.15) is 11.2 Å². The minimum absolute atomic E-state index is 0.512. The molecule has 0 aliphatic heterocycles. The molecule has 2 aromatic carbocycles. The van der Waals surface area contributed by atoms with Crippen LogP contribution in [0.2, 0.25) is 0 Å². The predicted octanol–water partition coefficient (Wildman–Crippen LogP) is 4.55. The van der Waals surface area contributed by atoms with Crippen LogP contribution < -0.4 is 5.73 Å². The number of nitrogen functional groups attached to an aromatic ring is 1. The maximum absolute atomic E-state index is 6.06. The van der Waals surface area contributed by atoms with Gasteiger partial charge in [-0.1, -0.05) is 29.5 Å². The number of nitrogens with two attached hydrogens (primary N) is 1. The largest absolute Gasteiger partial charge is 0.397 e. The van der Waals surface area contributed by atoms with E-state index in [0.29, 0.717) is 22.5 Å². The molecule has 6 nitrogen and oxygen atoms in total. The number of aromatic nitrogens is 3. The van der Waals surface area contributed by atoms with E-state index in [1.165, 1.54) is 11.3 Å². The Balaban J connectivity index is 1.91. The SMILES string of the molecule is Cc1nc2nc3c(N=Nc4ccccc4)c(N)ccc3nc2s1. The molecule has 0 fully saturated rings. The minimum Gasteiger partial charge on any atom is -0.397 e. The van der Waals surface area contributed by atoms with Crippen molar-refractivity contribution in [3.63, 3.8) is 0 Å². The Labute approximate surface area is 135 Å². The summed E-state index contributed by atoms with van der Waals surface area (Å²) in [5.41, 5.74) is 9.80. The van der Waals surface area contributed by atoms with Gasteiger partial charge >= 0.3 is 0 Å². The van der Waals surface area contributed by atoms with E-state index in [2.05, 4.69) is 25.2 Å². The summed E-state index contributed by atoms with van der Waals surface area (Å²) in [6.45, 7) is 1.93. The number of anilines is 1. The molecule has 112 valence electrons. The van der Waals surface area contributed by atoms with Gasteiger partial charge in [-0.2, -0.15) is 5.11 Å². The van der Waals surface area contributed by atoms with Gasteiger partial charge < -0.3 is 5.73 Å². The van der Waals surface area contributed by atoms with Gasteiger partial charge in [-0.05, 0) is 31.2 Å². The second kappa shape index (κ2) is 5.36. The van der Waals surface area contributed by atoms with Crippen molar-refractivity contribution < 1.29 is 0 Å². The predicted molar refractivity (Wildman–Crippen MR) is 92.5 cm³/mol. The standard InChI is InChI=1S/C16H12N6S/c1-9-18-15-16(23-9)19-12-8-7-11(17)13(14(12)20-15)22-21-10-5-3-2-4-6-10/h2-8H,17H2,1H3. The molecule has 4 rings (SSSR count). The molecule has 0 aliphatic rings. The lowest BCUT2D eigenvalue weighted by Crippen LogP contribution is -1.91. The number of hydrogen-bond donors (Lipinski definition) is 1. The Kier molecular flexibility index (Phi) is 3.20. The van der Waals surface area contributed by atoms with Crippen molar-refractivity contribution in [1.82, 2.24) is 15.0 Å². The van der Waals surface area contributed by atoms with Gasteiger partial charge in [0.05, 0.1) is 21.9 Å². The molecule has 0 aliphatic carbocycles. The van der Waals surface area contributed by atoms with Crippen LogP contribution in [0.15, 0.2) is 52.7 Å². The summed E-state index contributed by atoms with van der Waals surface area (Å²) in [6, 6.07) is 13.1. The van der Waals surface area contributed by atoms with E-state index in [4.69, 9.17) is 5.73 Å². The summed E-state index contributed by atoms with van der Waals surface area (Å²) >= 11 is 1.52. The topological polar surface area (TPSA) is 89.4 Å². The molecule has 2 heterocycles. The van der Waals surface area contributed by atoms with E-state index in [0.717, 1.165) is 21.0 Å². The maximum atomic E-state index is 6.06. The molecular weight excluding hydrogens is 308 g/mol. The van der Waals surface area contributed by atoms with Crippen LogP contribution in [0.25, 0.3) is 21.5 Å². The zero-order valence-electron chi connectivity index (χ0n) is 12.3. The highest BCUT2D eigenvalue weighted by atomic mass is 32.1. The first-order valence-corrected chi connectivity index (χ1v) is 7.82. The Hall–Kier alpha value is -2.93. The number of thiazole rings is 1. The van der Waals surface area contributed by atoms with Crippen LogP contribution in [0.4, 0.5) is 17.1 Å². The van der Waals surface area contributed by atoms with Crippen LogP contribution in [0.5, 0.6) is 0 Å². The molecule has 23 heavy (non-hydrogen) atoms. The molecule has 2 N–H and O–H groups in total. The Bertz CT molecular complexity index is 1040. The van der Waals surface area contributed by atoms with Crippen molar-refractivity contribution in [1.29, 1.82) is 0 Å². The second-order valence-corrected chi connectivity index (χ2v) is 6.17. The maximum Gasteiger partial charge on any atom is 0.190 e. The highest BCUT2D eigenvalue weighted by Gasteiger charge is 2.12. The lowest BCUT2D eigenvalue weighted by Gasteiger charge is -2.03. The van der Waals surface area contributed by atoms with Gasteiger partial charge in [-0.15, -0.1) is 5.11 Å². The third-order valence-electron chi connectivity index (χ3n) is 3.32. The fraction of sp³-hybridized carbons (Fsp3) is 0.0625. The number of azo groups is 1. The molecule has 0 bridgehead atoms. The third-order valence-corrected chi connectivity index (χ3v) is 4.18. The molecule has 7 heteroatoms. The Morgan fingerprint density at radius 2 is 1.78 bits per heavy atom. The molecule has 0 radical (unpaired) electrons. The molecule has 0 saturated heterocycles. The first-order chi connectivity index (χ1) is 11.2. The summed E-state index contributed by atoms with van der Waals surface area (Å²) in [6.07, 6.45) is 0. The molecule has 0 amide bonds. The molecule has 0 saturated carbocycles. The third kappa shape index (κ3) is 2.51. The van der Waals surface area contributed by atoms with Crippen LogP contribution in [0.1, 0.15) is 5.01 Å². The first-order valence-electron chi connectivity index (χ1n) is 7.01. The fourth-order valence-electron chi connectivity index (χ4n) is 2.26. The van der Waals surface area contributed by atoms with Crippen molar-refractivity contribution in [2.24, 2.45) is 10.2 Å². The van der Waals surface area contributed by atoms with Gasteiger partial charge in [0.2, 0.25) is 0 Å². The molecule has 0 unspecified atom stereocenters. The number of nitrogens with zero attached hydrogens (tertiary/aromatic N) is 5. The number of hydrogen-bond acceptors (Lipinski definition) is 7. The van der Waals surface area contributed by atoms with Crippen LogP contribution >= 0.6 is 11.3 Å². The number of rotatable bonds is 2. The fourth-order valence-corrected chi connectivity index (χ4v) is 3.00. The number of aryl methyl sites for hydroxylation is 1. The van der Waals surface area contributed by atoms with Crippen molar-refractivity contribution in [2.75, 3.05) is 5.73 Å². The van der Waals surface area contributed by atoms with E-state index in [-0.39, 0.29) is 0 Å². The van der Waals surface area contributed by atoms with Crippen molar-refractivity contribution in [3.05, 3.63) is 47.5 Å². The normalized spacial score (nSPS) is 11.7. The van der Waals surface area contributed by atoms with E-state index in [9.17, 15) is 0 Å². The quantitative estimate of drug-likeness (QED) is 0.433. The molecular formula is C16H12N6S. The van der Waals surface area contributed by atoms with Crippen LogP contribution in [-0.2, 0) is 0 Å². The highest BCUT2D eigenvalue weighted by molar-refractivity contribution is 7.18. The number of fused-ring (bicyclic) bond motifs is 2. The second-order valence-electron chi connectivity index (χ2n) is 4.99. The molecule has 0 atom stereocenters. The Morgan fingerprint density at radius 3 is 2.61 bits per heavy atom. The van der Waals surface area contributed by atoms with Crippen molar-refractivity contribution in [2.45, 2.75) is 6.92 Å². The monoisotopic (exact) mass is 320 g/mol. The lowest BCUT2D eigenvalue weighted by atomic mass is 10.2. The van der Waals surface area contributed by atoms with E-state index >= 15 is 0 Å². The first kappa shape index (κ1) is 13.7. The van der Waals surface area contributed by atoms with Crippen molar-refractivity contribution >= 4 is 49.9 Å². The van der Waals surface area contributed by atoms with Gasteiger partial charge in [-0.25, -0.2) is 15.0 Å². The zero-order chi connectivity index (χ0) is 15.8. The van der Waals surface area contributed by atoms with Gasteiger partial charge in [0.25, 0.3) is 0 Å². The molecule has 4 aromatic rings. The van der Waals surface area contributed by atoms with E-state index < -0.39 is 0 Å². The van der Waals surface area contributed by atoms with Crippen LogP contribution in [-0.4, -0.2) is 15.0 Å². The van der Waals surface area contributed by atoms with Gasteiger partial charge in [-0.3, -0.25) is 0 Å². The van der Waals surface area contributed by atoms with Crippen LogP contribution in [0, 0.1) is 6.92 Å². The summed E-state index contributed by atoms with van der Waals surface area (Å²) in [5, 5.41) is 9.45. The summed E-state index contributed by atoms with van der Waals surface area (Å²) in [7, 11) is 0. The molecule has 0 spiro atoms. The van der Waals surface area contributed by atoms with Gasteiger partial charge in [0, 0.05) is 0 Å².